The first kappa shape index (κ1) is 12.1. The van der Waals surface area contributed by atoms with Crippen molar-refractivity contribution in [3.63, 3.8) is 0 Å². The lowest BCUT2D eigenvalue weighted by molar-refractivity contribution is 0.556. The molecular weight excluding hydrogens is 333 g/mol. The molecule has 2 aromatic rings. The Morgan fingerprint density at radius 3 is 3.06 bits per heavy atom. The summed E-state index contributed by atoms with van der Waals surface area (Å²) < 4.78 is 3.16. The minimum atomic E-state index is 0.924. The fraction of sp³-hybridized carbons (Fsp3) is 0.364. The van der Waals surface area contributed by atoms with Crippen LogP contribution in [0.15, 0.2) is 23.8 Å². The summed E-state index contributed by atoms with van der Waals surface area (Å²) in [7, 11) is 0. The van der Waals surface area contributed by atoms with E-state index >= 15 is 0 Å². The zero-order chi connectivity index (χ0) is 11.4. The van der Waals surface area contributed by atoms with Gasteiger partial charge in [0.2, 0.25) is 0 Å². The summed E-state index contributed by atoms with van der Waals surface area (Å²) in [5.74, 6) is 0. The number of thiophene rings is 1. The van der Waals surface area contributed by atoms with Gasteiger partial charge in [0.05, 0.1) is 16.3 Å². The number of hydrogen-bond donors (Lipinski definition) is 1. The van der Waals surface area contributed by atoms with E-state index < -0.39 is 0 Å². The van der Waals surface area contributed by atoms with E-state index in [9.17, 15) is 0 Å². The number of nitrogens with zero attached hydrogens (tertiary/aromatic N) is 2. The summed E-state index contributed by atoms with van der Waals surface area (Å²) in [5, 5.41) is 9.81. The first-order valence-electron chi connectivity index (χ1n) is 5.17. The summed E-state index contributed by atoms with van der Waals surface area (Å²) >= 11 is 4.09. The molecule has 0 aliphatic rings. The maximum absolute atomic E-state index is 4.24. The second-order valence-electron chi connectivity index (χ2n) is 3.63. The molecule has 0 unspecified atom stereocenters. The summed E-state index contributed by atoms with van der Waals surface area (Å²) in [4.78, 5) is 1.43. The fourth-order valence-corrected chi connectivity index (χ4v) is 2.76. The number of aryl methyl sites for hydroxylation is 1. The number of nitrogens with one attached hydrogen (secondary N) is 1. The van der Waals surface area contributed by atoms with Crippen molar-refractivity contribution in [1.29, 1.82) is 0 Å². The Kier molecular flexibility index (Phi) is 4.37. The normalized spacial score (nSPS) is 10.9. The molecule has 0 amide bonds. The Morgan fingerprint density at radius 1 is 1.56 bits per heavy atom. The molecule has 0 aliphatic carbocycles. The van der Waals surface area contributed by atoms with Crippen LogP contribution in [0.1, 0.15) is 10.4 Å². The van der Waals surface area contributed by atoms with Gasteiger partial charge in [-0.05, 0) is 46.5 Å². The molecule has 0 aliphatic heterocycles. The summed E-state index contributed by atoms with van der Waals surface area (Å²) in [5.41, 5.74) is 1.38. The van der Waals surface area contributed by atoms with Crippen LogP contribution >= 0.6 is 33.9 Å². The van der Waals surface area contributed by atoms with E-state index in [0.29, 0.717) is 0 Å². The average molecular weight is 347 g/mol. The lowest BCUT2D eigenvalue weighted by Gasteiger charge is -2.04. The fourth-order valence-electron chi connectivity index (χ4n) is 1.44. The molecule has 1 N–H and O–H groups in total. The monoisotopic (exact) mass is 347 g/mol. The average Bonchev–Trinajstić information content (AvgIpc) is 2.83. The third kappa shape index (κ3) is 3.29. The molecule has 0 aromatic carbocycles. The van der Waals surface area contributed by atoms with Crippen molar-refractivity contribution >= 4 is 33.9 Å². The zero-order valence-electron chi connectivity index (χ0n) is 9.11. The van der Waals surface area contributed by atoms with Crippen LogP contribution in [0.25, 0.3) is 0 Å². The molecule has 0 radical (unpaired) electrons. The van der Waals surface area contributed by atoms with Crippen LogP contribution in [-0.2, 0) is 13.1 Å². The molecule has 0 fully saturated rings. The molecule has 2 heterocycles. The largest absolute Gasteiger partial charge is 0.310 e. The molecule has 86 valence electrons. The molecule has 0 saturated heterocycles. The van der Waals surface area contributed by atoms with Gasteiger partial charge in [-0.25, -0.2) is 0 Å². The smallest absolute Gasteiger partial charge is 0.0623 e. The van der Waals surface area contributed by atoms with Gasteiger partial charge in [0.15, 0.2) is 0 Å². The van der Waals surface area contributed by atoms with Crippen molar-refractivity contribution in [2.45, 2.75) is 20.0 Å². The van der Waals surface area contributed by atoms with E-state index in [1.54, 1.807) is 0 Å². The Bertz CT molecular complexity index is 450. The minimum absolute atomic E-state index is 0.924. The van der Waals surface area contributed by atoms with Crippen molar-refractivity contribution in [3.05, 3.63) is 37.9 Å². The molecule has 3 nitrogen and oxygen atoms in total. The SMILES string of the molecule is Cc1ccsc1CNCCn1cc(I)cn1. The molecule has 0 spiro atoms. The van der Waals surface area contributed by atoms with Gasteiger partial charge in [-0.2, -0.15) is 5.10 Å². The molecular formula is C11H14IN3S. The van der Waals surface area contributed by atoms with Crippen molar-refractivity contribution in [3.8, 4) is 0 Å². The summed E-state index contributed by atoms with van der Waals surface area (Å²) in [6.45, 7) is 4.99. The molecule has 2 rings (SSSR count). The number of aromatic nitrogens is 2. The molecule has 0 saturated carbocycles. The molecule has 0 bridgehead atoms. The standard InChI is InChI=1S/C11H14IN3S/c1-9-2-5-16-11(9)7-13-3-4-15-8-10(12)6-14-15/h2,5-6,8,13H,3-4,7H2,1H3. The van der Waals surface area contributed by atoms with Gasteiger partial charge in [-0.1, -0.05) is 0 Å². The summed E-state index contributed by atoms with van der Waals surface area (Å²) in [6.07, 6.45) is 3.93. The maximum atomic E-state index is 4.24. The highest BCUT2D eigenvalue weighted by Crippen LogP contribution is 2.14. The van der Waals surface area contributed by atoms with Crippen LogP contribution in [0.5, 0.6) is 0 Å². The highest BCUT2D eigenvalue weighted by molar-refractivity contribution is 14.1. The Hall–Kier alpha value is -0.400. The van der Waals surface area contributed by atoms with Crippen molar-refractivity contribution in [2.75, 3.05) is 6.54 Å². The highest BCUT2D eigenvalue weighted by Gasteiger charge is 1.99. The van der Waals surface area contributed by atoms with E-state index in [1.165, 1.54) is 14.0 Å². The number of halogens is 1. The third-order valence-electron chi connectivity index (χ3n) is 2.37. The van der Waals surface area contributed by atoms with Crippen molar-refractivity contribution in [2.24, 2.45) is 0 Å². The second kappa shape index (κ2) is 5.79. The first-order chi connectivity index (χ1) is 7.75. The van der Waals surface area contributed by atoms with Crippen LogP contribution < -0.4 is 5.32 Å². The van der Waals surface area contributed by atoms with Crippen LogP contribution in [0.4, 0.5) is 0 Å². The summed E-state index contributed by atoms with van der Waals surface area (Å²) in [6, 6.07) is 2.16. The van der Waals surface area contributed by atoms with Crippen molar-refractivity contribution in [1.82, 2.24) is 15.1 Å². The van der Waals surface area contributed by atoms with Gasteiger partial charge < -0.3 is 5.32 Å². The van der Waals surface area contributed by atoms with Gasteiger partial charge in [-0.15, -0.1) is 11.3 Å². The van der Waals surface area contributed by atoms with E-state index in [0.717, 1.165) is 19.6 Å². The quantitative estimate of drug-likeness (QED) is 0.666. The van der Waals surface area contributed by atoms with Crippen LogP contribution in [0, 0.1) is 10.5 Å². The number of hydrogen-bond acceptors (Lipinski definition) is 3. The van der Waals surface area contributed by atoms with Crippen LogP contribution in [0.2, 0.25) is 0 Å². The molecule has 5 heteroatoms. The van der Waals surface area contributed by atoms with E-state index in [-0.39, 0.29) is 0 Å². The second-order valence-corrected chi connectivity index (χ2v) is 5.87. The van der Waals surface area contributed by atoms with E-state index in [4.69, 9.17) is 0 Å². The Morgan fingerprint density at radius 2 is 2.44 bits per heavy atom. The van der Waals surface area contributed by atoms with E-state index in [2.05, 4.69) is 57.6 Å². The molecule has 0 atom stereocenters. The zero-order valence-corrected chi connectivity index (χ0v) is 12.1. The van der Waals surface area contributed by atoms with Crippen molar-refractivity contribution < 1.29 is 0 Å². The van der Waals surface area contributed by atoms with Gasteiger partial charge in [0, 0.05) is 24.2 Å². The highest BCUT2D eigenvalue weighted by atomic mass is 127. The van der Waals surface area contributed by atoms with Gasteiger partial charge in [0.25, 0.3) is 0 Å². The topological polar surface area (TPSA) is 29.9 Å². The Balaban J connectivity index is 1.71. The van der Waals surface area contributed by atoms with E-state index in [1.807, 2.05) is 22.2 Å². The van der Waals surface area contributed by atoms with Crippen LogP contribution in [0.3, 0.4) is 0 Å². The minimum Gasteiger partial charge on any atom is -0.310 e. The third-order valence-corrected chi connectivity index (χ3v) is 3.95. The predicted octanol–water partition coefficient (Wildman–Crippen LogP) is 2.65. The predicted molar refractivity (Wildman–Crippen MR) is 75.7 cm³/mol. The van der Waals surface area contributed by atoms with Gasteiger partial charge in [0.1, 0.15) is 0 Å². The maximum Gasteiger partial charge on any atom is 0.0623 e. The van der Waals surface area contributed by atoms with Gasteiger partial charge >= 0.3 is 0 Å². The van der Waals surface area contributed by atoms with Gasteiger partial charge in [-0.3, -0.25) is 4.68 Å². The first-order valence-corrected chi connectivity index (χ1v) is 7.13. The Labute approximate surface area is 113 Å². The number of rotatable bonds is 5. The van der Waals surface area contributed by atoms with Crippen LogP contribution in [-0.4, -0.2) is 16.3 Å². The lowest BCUT2D eigenvalue weighted by atomic mass is 10.3. The lowest BCUT2D eigenvalue weighted by Crippen LogP contribution is -2.19. The molecule has 16 heavy (non-hydrogen) atoms. The molecule has 2 aromatic heterocycles.